The maximum atomic E-state index is 12.5. The van der Waals surface area contributed by atoms with Crippen LogP contribution in [0.1, 0.15) is 26.3 Å². The summed E-state index contributed by atoms with van der Waals surface area (Å²) in [6.07, 6.45) is 2.88. The lowest BCUT2D eigenvalue weighted by Crippen LogP contribution is -2.34. The first-order valence-corrected chi connectivity index (χ1v) is 8.00. The molecule has 2 N–H and O–H groups in total. The molecule has 1 aromatic heterocycles. The maximum Gasteiger partial charge on any atom is 0.244 e. The highest BCUT2D eigenvalue weighted by molar-refractivity contribution is 7.89. The number of rotatable bonds is 5. The molecule has 110 valence electrons. The predicted molar refractivity (Wildman–Crippen MR) is 79.4 cm³/mol. The Kier molecular flexibility index (Phi) is 6.14. The molecule has 0 saturated heterocycles. The first-order valence-electron chi connectivity index (χ1n) is 6.56. The van der Waals surface area contributed by atoms with E-state index >= 15 is 0 Å². The molecule has 0 aliphatic carbocycles. The molecule has 0 aromatic carbocycles. The van der Waals surface area contributed by atoms with Crippen molar-refractivity contribution in [2.45, 2.75) is 25.7 Å². The van der Waals surface area contributed by atoms with Crippen LogP contribution >= 0.6 is 0 Å². The Bertz CT molecular complexity index is 600. The Morgan fingerprint density at radius 2 is 2.10 bits per heavy atom. The van der Waals surface area contributed by atoms with Gasteiger partial charge in [-0.2, -0.15) is 4.31 Å². The Labute approximate surface area is 121 Å². The second-order valence-corrected chi connectivity index (χ2v) is 6.70. The van der Waals surface area contributed by atoms with E-state index < -0.39 is 10.0 Å². The van der Waals surface area contributed by atoms with Crippen LogP contribution in [0.3, 0.4) is 0 Å². The number of aromatic nitrogens is 1. The Morgan fingerprint density at radius 3 is 2.65 bits per heavy atom. The number of nitrogens with two attached hydrogens (primary N) is 1. The molecule has 0 bridgehead atoms. The van der Waals surface area contributed by atoms with Crippen molar-refractivity contribution < 1.29 is 8.42 Å². The number of nitrogens with zero attached hydrogens (tertiary/aromatic N) is 2. The van der Waals surface area contributed by atoms with Crippen molar-refractivity contribution in [3.05, 3.63) is 24.0 Å². The minimum absolute atomic E-state index is 0.170. The maximum absolute atomic E-state index is 12.5. The fourth-order valence-corrected chi connectivity index (χ4v) is 3.34. The molecule has 1 heterocycles. The van der Waals surface area contributed by atoms with Gasteiger partial charge in [0.1, 0.15) is 4.90 Å². The Morgan fingerprint density at radius 1 is 1.40 bits per heavy atom. The van der Waals surface area contributed by atoms with Gasteiger partial charge in [-0.3, -0.25) is 4.98 Å². The summed E-state index contributed by atoms with van der Waals surface area (Å²) < 4.78 is 26.5. The van der Waals surface area contributed by atoms with Gasteiger partial charge >= 0.3 is 0 Å². The van der Waals surface area contributed by atoms with E-state index in [1.807, 2.05) is 20.8 Å². The quantitative estimate of drug-likeness (QED) is 0.824. The van der Waals surface area contributed by atoms with E-state index in [2.05, 4.69) is 16.8 Å². The second kappa shape index (κ2) is 7.39. The van der Waals surface area contributed by atoms with Crippen molar-refractivity contribution in [3.63, 3.8) is 0 Å². The highest BCUT2D eigenvalue weighted by Crippen LogP contribution is 2.17. The van der Waals surface area contributed by atoms with Gasteiger partial charge in [0, 0.05) is 31.0 Å². The summed E-state index contributed by atoms with van der Waals surface area (Å²) in [5, 5.41) is 0. The van der Waals surface area contributed by atoms with Crippen LogP contribution in [0.15, 0.2) is 23.4 Å². The third kappa shape index (κ3) is 4.30. The molecule has 5 nitrogen and oxygen atoms in total. The van der Waals surface area contributed by atoms with Crippen LogP contribution in [0.5, 0.6) is 0 Å². The summed E-state index contributed by atoms with van der Waals surface area (Å²) in [5.74, 6) is 5.74. The van der Waals surface area contributed by atoms with E-state index in [9.17, 15) is 8.42 Å². The highest BCUT2D eigenvalue weighted by Gasteiger charge is 2.24. The SMILES string of the molecule is CCN(CC(C)C)S(=O)(=O)c1cncc(C#CCN)c1. The average molecular weight is 295 g/mol. The van der Waals surface area contributed by atoms with Crippen molar-refractivity contribution >= 4 is 10.0 Å². The zero-order valence-corrected chi connectivity index (χ0v) is 12.9. The van der Waals surface area contributed by atoms with Crippen LogP contribution < -0.4 is 5.73 Å². The number of sulfonamides is 1. The summed E-state index contributed by atoms with van der Waals surface area (Å²) in [7, 11) is -3.52. The Balaban J connectivity index is 3.14. The van der Waals surface area contributed by atoms with E-state index in [1.165, 1.54) is 22.8 Å². The molecule has 0 fully saturated rings. The first kappa shape index (κ1) is 16.6. The monoisotopic (exact) mass is 295 g/mol. The van der Waals surface area contributed by atoms with Crippen LogP contribution in [0.25, 0.3) is 0 Å². The lowest BCUT2D eigenvalue weighted by atomic mass is 10.2. The fraction of sp³-hybridized carbons (Fsp3) is 0.500. The van der Waals surface area contributed by atoms with E-state index in [-0.39, 0.29) is 17.4 Å². The lowest BCUT2D eigenvalue weighted by molar-refractivity contribution is 0.380. The van der Waals surface area contributed by atoms with Gasteiger partial charge in [0.05, 0.1) is 6.54 Å². The zero-order valence-electron chi connectivity index (χ0n) is 12.1. The smallest absolute Gasteiger partial charge is 0.244 e. The molecule has 1 rings (SSSR count). The summed E-state index contributed by atoms with van der Waals surface area (Å²) in [6, 6.07) is 1.54. The largest absolute Gasteiger partial charge is 0.320 e. The molecule has 0 aliphatic heterocycles. The molecule has 0 amide bonds. The Hall–Kier alpha value is -1.42. The summed E-state index contributed by atoms with van der Waals surface area (Å²) in [4.78, 5) is 4.12. The normalized spacial score (nSPS) is 11.5. The molecular formula is C14H21N3O2S. The van der Waals surface area contributed by atoms with Crippen LogP contribution in [-0.2, 0) is 10.0 Å². The zero-order chi connectivity index (χ0) is 15.2. The summed E-state index contributed by atoms with van der Waals surface area (Å²) >= 11 is 0. The highest BCUT2D eigenvalue weighted by atomic mass is 32.2. The van der Waals surface area contributed by atoms with E-state index in [0.29, 0.717) is 18.7 Å². The minimum Gasteiger partial charge on any atom is -0.320 e. The molecule has 6 heteroatoms. The third-order valence-electron chi connectivity index (χ3n) is 2.61. The van der Waals surface area contributed by atoms with Crippen molar-refractivity contribution in [3.8, 4) is 11.8 Å². The van der Waals surface area contributed by atoms with Crippen LogP contribution in [0.2, 0.25) is 0 Å². The number of hydrogen-bond donors (Lipinski definition) is 1. The first-order chi connectivity index (χ1) is 9.41. The second-order valence-electron chi connectivity index (χ2n) is 4.76. The van der Waals surface area contributed by atoms with E-state index in [1.54, 1.807) is 0 Å². The van der Waals surface area contributed by atoms with Gasteiger partial charge in [-0.25, -0.2) is 8.42 Å². The van der Waals surface area contributed by atoms with Gasteiger partial charge in [0.2, 0.25) is 10.0 Å². The molecule has 0 atom stereocenters. The van der Waals surface area contributed by atoms with Crippen molar-refractivity contribution in [2.75, 3.05) is 19.6 Å². The van der Waals surface area contributed by atoms with E-state index in [0.717, 1.165) is 0 Å². The van der Waals surface area contributed by atoms with Gasteiger partial charge < -0.3 is 5.73 Å². The van der Waals surface area contributed by atoms with Gasteiger partial charge in [0.25, 0.3) is 0 Å². The molecule has 0 spiro atoms. The number of pyridine rings is 1. The van der Waals surface area contributed by atoms with Gasteiger partial charge in [-0.1, -0.05) is 32.6 Å². The molecule has 20 heavy (non-hydrogen) atoms. The molecule has 0 radical (unpaired) electrons. The van der Waals surface area contributed by atoms with E-state index in [4.69, 9.17) is 5.73 Å². The summed E-state index contributed by atoms with van der Waals surface area (Å²) in [6.45, 7) is 6.94. The molecule has 1 aromatic rings. The van der Waals surface area contributed by atoms with Gasteiger partial charge in [-0.05, 0) is 12.0 Å². The van der Waals surface area contributed by atoms with Crippen molar-refractivity contribution in [1.82, 2.24) is 9.29 Å². The lowest BCUT2D eigenvalue weighted by Gasteiger charge is -2.22. The molecular weight excluding hydrogens is 274 g/mol. The van der Waals surface area contributed by atoms with Crippen molar-refractivity contribution in [2.24, 2.45) is 11.7 Å². The fourth-order valence-electron chi connectivity index (χ4n) is 1.73. The van der Waals surface area contributed by atoms with Crippen LogP contribution in [0.4, 0.5) is 0 Å². The van der Waals surface area contributed by atoms with Crippen molar-refractivity contribution in [1.29, 1.82) is 0 Å². The minimum atomic E-state index is -3.52. The predicted octanol–water partition coefficient (Wildman–Crippen LogP) is 1.06. The average Bonchev–Trinajstić information content (AvgIpc) is 2.42. The van der Waals surface area contributed by atoms with Gasteiger partial charge in [-0.15, -0.1) is 0 Å². The standard InChI is InChI=1S/C14H21N3O2S/c1-4-17(11-12(2)3)20(18,19)14-8-13(6-5-7-15)9-16-10-14/h8-10,12H,4,7,11,15H2,1-3H3. The molecule has 0 aliphatic rings. The topological polar surface area (TPSA) is 76.3 Å². The number of hydrogen-bond acceptors (Lipinski definition) is 4. The van der Waals surface area contributed by atoms with Gasteiger partial charge in [0.15, 0.2) is 0 Å². The third-order valence-corrected chi connectivity index (χ3v) is 4.51. The summed E-state index contributed by atoms with van der Waals surface area (Å²) in [5.41, 5.74) is 5.86. The molecule has 0 unspecified atom stereocenters. The van der Waals surface area contributed by atoms with Crippen LogP contribution in [-0.4, -0.2) is 37.3 Å². The van der Waals surface area contributed by atoms with Crippen LogP contribution in [0, 0.1) is 17.8 Å². The molecule has 0 saturated carbocycles.